The Bertz CT molecular complexity index is 720. The highest BCUT2D eigenvalue weighted by molar-refractivity contribution is 5.92. The second-order valence-electron chi connectivity index (χ2n) is 9.46. The lowest BCUT2D eigenvalue weighted by molar-refractivity contribution is -0.157. The van der Waals surface area contributed by atoms with Gasteiger partial charge in [0.25, 0.3) is 5.91 Å². The molecule has 4 aliphatic carbocycles. The van der Waals surface area contributed by atoms with Crippen molar-refractivity contribution in [2.24, 2.45) is 23.2 Å². The SMILES string of the molecule is Cc1cc(C(=O)N2CCCN(C(=O)C34CC5CC(CC(C5)C3)C4)CC2)no1. The molecule has 1 aromatic heterocycles. The number of amides is 2. The minimum Gasteiger partial charge on any atom is -0.361 e. The van der Waals surface area contributed by atoms with Gasteiger partial charge in [0, 0.05) is 32.2 Å². The van der Waals surface area contributed by atoms with E-state index in [0.717, 1.165) is 50.0 Å². The zero-order valence-corrected chi connectivity index (χ0v) is 16.2. The molecule has 6 rings (SSSR count). The van der Waals surface area contributed by atoms with Crippen LogP contribution in [0.1, 0.15) is 61.2 Å². The topological polar surface area (TPSA) is 66.7 Å². The van der Waals surface area contributed by atoms with Gasteiger partial charge >= 0.3 is 0 Å². The molecule has 0 N–H and O–H groups in total. The monoisotopic (exact) mass is 371 g/mol. The van der Waals surface area contributed by atoms with Crippen LogP contribution in [0.25, 0.3) is 0 Å². The molecule has 0 unspecified atom stereocenters. The van der Waals surface area contributed by atoms with Gasteiger partial charge in [0.05, 0.1) is 5.41 Å². The summed E-state index contributed by atoms with van der Waals surface area (Å²) in [6.45, 7) is 4.46. The number of aromatic nitrogens is 1. The highest BCUT2D eigenvalue weighted by Gasteiger charge is 2.55. The Hall–Kier alpha value is -1.85. The maximum absolute atomic E-state index is 13.5. The number of rotatable bonds is 2. The van der Waals surface area contributed by atoms with Gasteiger partial charge in [-0.1, -0.05) is 5.16 Å². The quantitative estimate of drug-likeness (QED) is 0.802. The molecule has 0 aromatic carbocycles. The molecule has 0 spiro atoms. The highest BCUT2D eigenvalue weighted by Crippen LogP contribution is 2.60. The minimum atomic E-state index is -0.0871. The molecule has 4 saturated carbocycles. The molecule has 6 heteroatoms. The number of hydrogen-bond acceptors (Lipinski definition) is 4. The van der Waals surface area contributed by atoms with Crippen LogP contribution in [-0.2, 0) is 4.79 Å². The van der Waals surface area contributed by atoms with E-state index >= 15 is 0 Å². The van der Waals surface area contributed by atoms with Crippen molar-refractivity contribution >= 4 is 11.8 Å². The van der Waals surface area contributed by atoms with Crippen molar-refractivity contribution in [1.82, 2.24) is 15.0 Å². The maximum atomic E-state index is 13.5. The maximum Gasteiger partial charge on any atom is 0.276 e. The first-order valence-corrected chi connectivity index (χ1v) is 10.5. The van der Waals surface area contributed by atoms with Gasteiger partial charge in [-0.2, -0.15) is 0 Å². The van der Waals surface area contributed by atoms with Gasteiger partial charge in [0.1, 0.15) is 5.76 Å². The number of carbonyl (C=O) groups excluding carboxylic acids is 2. The molecule has 1 aliphatic heterocycles. The standard InChI is InChI=1S/C21H29N3O3/c1-14-7-18(22-27-14)19(25)23-3-2-4-24(6-5-23)20(26)21-11-15-8-16(12-21)10-17(9-15)13-21/h7,15-17H,2-6,8-13H2,1H3. The third-order valence-corrected chi connectivity index (χ3v) is 7.41. The summed E-state index contributed by atoms with van der Waals surface area (Å²) in [5.74, 6) is 3.28. The van der Waals surface area contributed by atoms with Crippen molar-refractivity contribution in [2.75, 3.05) is 26.2 Å². The lowest BCUT2D eigenvalue weighted by Gasteiger charge is -2.56. The molecule has 27 heavy (non-hydrogen) atoms. The van der Waals surface area contributed by atoms with E-state index < -0.39 is 0 Å². The molecule has 0 radical (unpaired) electrons. The van der Waals surface area contributed by atoms with E-state index in [9.17, 15) is 9.59 Å². The molecule has 2 amide bonds. The summed E-state index contributed by atoms with van der Waals surface area (Å²) in [6.07, 6.45) is 8.21. The zero-order valence-electron chi connectivity index (χ0n) is 16.2. The summed E-state index contributed by atoms with van der Waals surface area (Å²) in [5, 5.41) is 3.86. The molecule has 5 fully saturated rings. The van der Waals surface area contributed by atoms with Crippen LogP contribution in [0.2, 0.25) is 0 Å². The molecule has 4 bridgehead atoms. The first-order valence-electron chi connectivity index (χ1n) is 10.5. The first kappa shape index (κ1) is 17.3. The van der Waals surface area contributed by atoms with Crippen LogP contribution in [0.15, 0.2) is 10.6 Å². The van der Waals surface area contributed by atoms with Gasteiger partial charge in [0.15, 0.2) is 5.69 Å². The molecule has 1 aromatic rings. The Morgan fingerprint density at radius 2 is 1.59 bits per heavy atom. The van der Waals surface area contributed by atoms with Gasteiger partial charge in [0.2, 0.25) is 5.91 Å². The number of aryl methyl sites for hydroxylation is 1. The van der Waals surface area contributed by atoms with Crippen molar-refractivity contribution in [3.8, 4) is 0 Å². The predicted octanol–water partition coefficient (Wildman–Crippen LogP) is 2.87. The third-order valence-electron chi connectivity index (χ3n) is 7.41. The third kappa shape index (κ3) is 2.97. The molecule has 2 heterocycles. The molecular formula is C21H29N3O3. The predicted molar refractivity (Wildman–Crippen MR) is 98.9 cm³/mol. The summed E-state index contributed by atoms with van der Waals surface area (Å²) >= 11 is 0. The Balaban J connectivity index is 1.27. The van der Waals surface area contributed by atoms with Gasteiger partial charge in [-0.05, 0) is 69.6 Å². The molecule has 6 nitrogen and oxygen atoms in total. The normalized spacial score (nSPS) is 35.4. The molecule has 1 saturated heterocycles. The van der Waals surface area contributed by atoms with Crippen LogP contribution >= 0.6 is 0 Å². The molecule has 146 valence electrons. The Labute approximate surface area is 160 Å². The highest BCUT2D eigenvalue weighted by atomic mass is 16.5. The average Bonchev–Trinajstić information content (AvgIpc) is 2.92. The van der Waals surface area contributed by atoms with Crippen LogP contribution in [-0.4, -0.2) is 52.9 Å². The number of carbonyl (C=O) groups is 2. The van der Waals surface area contributed by atoms with E-state index in [1.807, 2.05) is 4.90 Å². The fourth-order valence-corrected chi connectivity index (χ4v) is 6.66. The molecule has 0 atom stereocenters. The fraction of sp³-hybridized carbons (Fsp3) is 0.762. The molecular weight excluding hydrogens is 342 g/mol. The summed E-state index contributed by atoms with van der Waals surface area (Å²) in [6, 6.07) is 1.69. The van der Waals surface area contributed by atoms with Gasteiger partial charge in [-0.15, -0.1) is 0 Å². The lowest BCUT2D eigenvalue weighted by atomic mass is 9.49. The summed E-state index contributed by atoms with van der Waals surface area (Å²) in [7, 11) is 0. The Morgan fingerprint density at radius 1 is 1.00 bits per heavy atom. The van der Waals surface area contributed by atoms with E-state index in [1.165, 1.54) is 19.3 Å². The molecule has 5 aliphatic rings. The fourth-order valence-electron chi connectivity index (χ4n) is 6.66. The average molecular weight is 371 g/mol. The van der Waals surface area contributed by atoms with Crippen LogP contribution in [0.5, 0.6) is 0 Å². The van der Waals surface area contributed by atoms with Crippen molar-refractivity contribution < 1.29 is 14.1 Å². The van der Waals surface area contributed by atoms with Crippen molar-refractivity contribution in [3.63, 3.8) is 0 Å². The van der Waals surface area contributed by atoms with E-state index in [4.69, 9.17) is 4.52 Å². The Kier molecular flexibility index (Phi) is 4.06. The van der Waals surface area contributed by atoms with E-state index in [1.54, 1.807) is 13.0 Å². The zero-order chi connectivity index (χ0) is 18.6. The van der Waals surface area contributed by atoms with Crippen LogP contribution in [0, 0.1) is 30.1 Å². The number of hydrogen-bond donors (Lipinski definition) is 0. The van der Waals surface area contributed by atoms with E-state index in [-0.39, 0.29) is 11.3 Å². The van der Waals surface area contributed by atoms with Crippen LogP contribution < -0.4 is 0 Å². The van der Waals surface area contributed by atoms with E-state index in [0.29, 0.717) is 37.0 Å². The van der Waals surface area contributed by atoms with E-state index in [2.05, 4.69) is 10.1 Å². The van der Waals surface area contributed by atoms with Gasteiger partial charge in [-0.3, -0.25) is 9.59 Å². The second-order valence-corrected chi connectivity index (χ2v) is 9.46. The summed E-state index contributed by atoms with van der Waals surface area (Å²) in [5.41, 5.74) is 0.283. The lowest BCUT2D eigenvalue weighted by Crippen LogP contribution is -2.55. The summed E-state index contributed by atoms with van der Waals surface area (Å²) in [4.78, 5) is 30.1. The van der Waals surface area contributed by atoms with Crippen molar-refractivity contribution in [2.45, 2.75) is 51.9 Å². The van der Waals surface area contributed by atoms with Crippen molar-refractivity contribution in [3.05, 3.63) is 17.5 Å². The largest absolute Gasteiger partial charge is 0.361 e. The van der Waals surface area contributed by atoms with Crippen molar-refractivity contribution in [1.29, 1.82) is 0 Å². The van der Waals surface area contributed by atoms with Gasteiger partial charge in [-0.25, -0.2) is 0 Å². The summed E-state index contributed by atoms with van der Waals surface area (Å²) < 4.78 is 5.04. The van der Waals surface area contributed by atoms with Crippen LogP contribution in [0.4, 0.5) is 0 Å². The second kappa shape index (κ2) is 6.35. The Morgan fingerprint density at radius 3 is 2.19 bits per heavy atom. The van der Waals surface area contributed by atoms with Gasteiger partial charge < -0.3 is 14.3 Å². The minimum absolute atomic E-state index is 0.0862. The smallest absolute Gasteiger partial charge is 0.276 e. The van der Waals surface area contributed by atoms with Crippen LogP contribution in [0.3, 0.4) is 0 Å². The first-order chi connectivity index (χ1) is 13.0. The number of nitrogens with zero attached hydrogens (tertiary/aromatic N) is 3.